The summed E-state index contributed by atoms with van der Waals surface area (Å²) in [5, 5.41) is 0. The first-order chi connectivity index (χ1) is 12.1. The van der Waals surface area contributed by atoms with Gasteiger partial charge in [-0.1, -0.05) is 72.6 Å². The Kier molecular flexibility index (Phi) is 9.56. The van der Waals surface area contributed by atoms with Crippen molar-refractivity contribution in [2.75, 3.05) is 11.5 Å². The summed E-state index contributed by atoms with van der Waals surface area (Å²) in [5.74, 6) is 1.61. The molecule has 0 amide bonds. The summed E-state index contributed by atoms with van der Waals surface area (Å²) >= 11 is 21.3. The molecule has 2 aromatic carbocycles. The molecule has 0 saturated carbocycles. The molecule has 0 saturated heterocycles. The van der Waals surface area contributed by atoms with E-state index in [4.69, 9.17) is 24.4 Å². The molecule has 2 rings (SSSR count). The highest BCUT2D eigenvalue weighted by Crippen LogP contribution is 2.33. The van der Waals surface area contributed by atoms with E-state index < -0.39 is 0 Å². The van der Waals surface area contributed by atoms with Gasteiger partial charge in [0.25, 0.3) is 0 Å². The summed E-state index contributed by atoms with van der Waals surface area (Å²) in [7, 11) is 0. The summed E-state index contributed by atoms with van der Waals surface area (Å²) in [6, 6.07) is 17.0. The van der Waals surface area contributed by atoms with Crippen molar-refractivity contribution in [3.8, 4) is 0 Å². The van der Waals surface area contributed by atoms with Crippen LogP contribution in [0.1, 0.15) is 24.0 Å². The van der Waals surface area contributed by atoms with Gasteiger partial charge < -0.3 is 0 Å². The first-order valence-electron chi connectivity index (χ1n) is 8.22. The van der Waals surface area contributed by atoms with E-state index in [0.29, 0.717) is 0 Å². The zero-order valence-corrected chi connectivity index (χ0v) is 18.2. The van der Waals surface area contributed by atoms with Gasteiger partial charge in [0.1, 0.15) is 0 Å². The molecule has 0 aliphatic carbocycles. The van der Waals surface area contributed by atoms with E-state index in [1.54, 1.807) is 11.8 Å². The lowest BCUT2D eigenvalue weighted by molar-refractivity contribution is 1.16. The standard InChI is InChI=1S/C20H22S5/c21-11-9-17(23)13-15-5-1-3-7-19(15)25-20-8-4-2-6-16(20)14-18(24)10-12-22/h1-8,21-22H,9-14H2. The van der Waals surface area contributed by atoms with Crippen molar-refractivity contribution < 1.29 is 0 Å². The molecule has 0 nitrogen and oxygen atoms in total. The van der Waals surface area contributed by atoms with E-state index in [9.17, 15) is 0 Å². The highest BCUT2D eigenvalue weighted by atomic mass is 32.2. The van der Waals surface area contributed by atoms with E-state index in [0.717, 1.165) is 46.9 Å². The van der Waals surface area contributed by atoms with Gasteiger partial charge in [-0.05, 0) is 57.3 Å². The largest absolute Gasteiger partial charge is 0.179 e. The third kappa shape index (κ3) is 7.06. The molecule has 0 spiro atoms. The monoisotopic (exact) mass is 422 g/mol. The van der Waals surface area contributed by atoms with Crippen molar-refractivity contribution in [2.24, 2.45) is 0 Å². The summed E-state index contributed by atoms with van der Waals surface area (Å²) in [6.45, 7) is 0. The van der Waals surface area contributed by atoms with Crippen molar-refractivity contribution in [1.82, 2.24) is 0 Å². The van der Waals surface area contributed by atoms with Crippen LogP contribution in [0.2, 0.25) is 0 Å². The molecular formula is C20H22S5. The molecule has 0 aromatic heterocycles. The summed E-state index contributed by atoms with van der Waals surface area (Å²) in [6.07, 6.45) is 3.43. The van der Waals surface area contributed by atoms with Crippen LogP contribution in [-0.2, 0) is 12.8 Å². The molecule has 0 fully saturated rings. The normalized spacial score (nSPS) is 10.6. The van der Waals surface area contributed by atoms with Crippen LogP contribution in [-0.4, -0.2) is 21.2 Å². The maximum Gasteiger partial charge on any atom is 0.0158 e. The molecule has 0 radical (unpaired) electrons. The minimum absolute atomic E-state index is 0.805. The number of hydrogen-bond acceptors (Lipinski definition) is 5. The minimum atomic E-state index is 0.805. The minimum Gasteiger partial charge on any atom is -0.179 e. The van der Waals surface area contributed by atoms with Crippen LogP contribution in [0.15, 0.2) is 58.3 Å². The first kappa shape index (κ1) is 21.0. The zero-order chi connectivity index (χ0) is 18.1. The lowest BCUT2D eigenvalue weighted by Gasteiger charge is -2.13. The average molecular weight is 423 g/mol. The molecule has 0 aliphatic heterocycles. The average Bonchev–Trinajstić information content (AvgIpc) is 2.59. The summed E-state index contributed by atoms with van der Waals surface area (Å²) in [5.41, 5.74) is 2.57. The number of rotatable bonds is 10. The molecule has 0 N–H and O–H groups in total. The third-order valence-electron chi connectivity index (χ3n) is 3.72. The fourth-order valence-corrected chi connectivity index (χ4v) is 4.90. The van der Waals surface area contributed by atoms with E-state index in [-0.39, 0.29) is 0 Å². The van der Waals surface area contributed by atoms with Crippen LogP contribution in [0.4, 0.5) is 0 Å². The summed E-state index contributed by atoms with van der Waals surface area (Å²) < 4.78 is 0. The van der Waals surface area contributed by atoms with Gasteiger partial charge in [-0.25, -0.2) is 0 Å². The quantitative estimate of drug-likeness (QED) is 0.341. The molecule has 5 heteroatoms. The molecule has 132 valence electrons. The second-order valence-electron chi connectivity index (χ2n) is 5.70. The second-order valence-corrected chi connectivity index (χ2v) is 8.83. The van der Waals surface area contributed by atoms with Gasteiger partial charge in [0.2, 0.25) is 0 Å². The van der Waals surface area contributed by atoms with Gasteiger partial charge in [0.15, 0.2) is 0 Å². The van der Waals surface area contributed by atoms with Crippen LogP contribution >= 0.6 is 61.5 Å². The fraction of sp³-hybridized carbons (Fsp3) is 0.300. The summed E-state index contributed by atoms with van der Waals surface area (Å²) in [4.78, 5) is 4.64. The predicted molar refractivity (Wildman–Crippen MR) is 127 cm³/mol. The lowest BCUT2D eigenvalue weighted by atomic mass is 10.1. The van der Waals surface area contributed by atoms with Crippen LogP contribution in [0.25, 0.3) is 0 Å². The van der Waals surface area contributed by atoms with Crippen LogP contribution in [0.3, 0.4) is 0 Å². The Morgan fingerprint density at radius 2 is 1.12 bits per heavy atom. The van der Waals surface area contributed by atoms with Crippen molar-refractivity contribution in [2.45, 2.75) is 35.5 Å². The van der Waals surface area contributed by atoms with Crippen LogP contribution in [0.5, 0.6) is 0 Å². The van der Waals surface area contributed by atoms with Crippen LogP contribution < -0.4 is 0 Å². The van der Waals surface area contributed by atoms with Crippen molar-refractivity contribution in [1.29, 1.82) is 0 Å². The van der Waals surface area contributed by atoms with E-state index in [2.05, 4.69) is 73.8 Å². The van der Waals surface area contributed by atoms with Gasteiger partial charge in [-0.2, -0.15) is 25.3 Å². The molecule has 0 heterocycles. The second kappa shape index (κ2) is 11.4. The Morgan fingerprint density at radius 1 is 0.720 bits per heavy atom. The number of thiol groups is 2. The van der Waals surface area contributed by atoms with Crippen molar-refractivity contribution >= 4 is 71.2 Å². The predicted octanol–water partition coefficient (Wildman–Crippen LogP) is 6.30. The Labute approximate surface area is 177 Å². The van der Waals surface area contributed by atoms with E-state index in [1.165, 1.54) is 20.9 Å². The molecule has 2 aromatic rings. The van der Waals surface area contributed by atoms with E-state index in [1.807, 2.05) is 0 Å². The SMILES string of the molecule is S=C(CCS)Cc1ccccc1Sc1ccccc1CC(=S)CCS. The molecular weight excluding hydrogens is 401 g/mol. The van der Waals surface area contributed by atoms with Gasteiger partial charge >= 0.3 is 0 Å². The Bertz CT molecular complexity index is 662. The highest BCUT2D eigenvalue weighted by Gasteiger charge is 2.10. The molecule has 0 bridgehead atoms. The third-order valence-corrected chi connectivity index (χ3v) is 6.10. The van der Waals surface area contributed by atoms with Gasteiger partial charge in [-0.3, -0.25) is 0 Å². The fourth-order valence-electron chi connectivity index (χ4n) is 2.47. The van der Waals surface area contributed by atoms with Gasteiger partial charge in [0, 0.05) is 22.6 Å². The van der Waals surface area contributed by atoms with Gasteiger partial charge in [-0.15, -0.1) is 0 Å². The van der Waals surface area contributed by atoms with Crippen molar-refractivity contribution in [3.63, 3.8) is 0 Å². The Morgan fingerprint density at radius 3 is 1.52 bits per heavy atom. The number of thiocarbonyl (C=S) groups is 2. The zero-order valence-electron chi connectivity index (χ0n) is 14.0. The molecule has 25 heavy (non-hydrogen) atoms. The van der Waals surface area contributed by atoms with E-state index >= 15 is 0 Å². The molecule has 0 unspecified atom stereocenters. The molecule has 0 aliphatic rings. The maximum absolute atomic E-state index is 5.49. The van der Waals surface area contributed by atoms with Crippen molar-refractivity contribution in [3.05, 3.63) is 59.7 Å². The Balaban J connectivity index is 2.20. The van der Waals surface area contributed by atoms with Crippen LogP contribution in [0, 0.1) is 0 Å². The number of benzene rings is 2. The Hall–Kier alpha value is -0.330. The smallest absolute Gasteiger partial charge is 0.0158 e. The highest BCUT2D eigenvalue weighted by molar-refractivity contribution is 7.99. The molecule has 0 atom stereocenters. The lowest BCUT2D eigenvalue weighted by Crippen LogP contribution is -2.03. The topological polar surface area (TPSA) is 0 Å². The number of hydrogen-bond donors (Lipinski definition) is 2. The maximum atomic E-state index is 5.49. The van der Waals surface area contributed by atoms with Gasteiger partial charge in [0.05, 0.1) is 0 Å². The first-order valence-corrected chi connectivity index (χ1v) is 11.1.